The van der Waals surface area contributed by atoms with Crippen LogP contribution in [0.3, 0.4) is 0 Å². The highest BCUT2D eigenvalue weighted by molar-refractivity contribution is 6.06. The number of benzene rings is 3. The molecular weight excluding hydrogens is 1150 g/mol. The fourth-order valence-electron chi connectivity index (χ4n) is 10.7. The number of phenolic OH excluding ortho intramolecular Hbond substituents is 3. The van der Waals surface area contributed by atoms with E-state index in [1.807, 2.05) is 19.6 Å². The number of aliphatic carboxylic acids is 1. The molecule has 1 aliphatic carbocycles. The van der Waals surface area contributed by atoms with Crippen molar-refractivity contribution >= 4 is 59.1 Å². The largest absolute Gasteiger partial charge is 0.507 e. The first-order valence-electron chi connectivity index (χ1n) is 30.1. The Morgan fingerprint density at radius 3 is 1.24 bits per heavy atom. The number of aliphatic hydroxyl groups excluding tert-OH is 1. The molecule has 28 heteroatoms. The molecule has 5 atom stereocenters. The third kappa shape index (κ3) is 19.9. The van der Waals surface area contributed by atoms with Gasteiger partial charge in [0.2, 0.25) is 5.91 Å². The Kier molecular flexibility index (Phi) is 25.6. The summed E-state index contributed by atoms with van der Waals surface area (Å²) in [5, 5.41) is 80.6. The molecule has 14 N–H and O–H groups in total. The van der Waals surface area contributed by atoms with Crippen LogP contribution in [0.25, 0.3) is 0 Å². The standard InChI is InChI=1S/C61H81N13O15/c75-48(17-7-18-49(76)77)62-19-2-1-8-39-38-74-33-26-69-59(87)45-14-5-13-44(52(45)80)56(84)65-22-29-72(30-23-68-60(88)46-15-6-16-47(53(46)81)61(89)70-39)35-34-71-27-20-63-54(82)40-9-3-11-42(50(40)78)57(85)66-24-31-73(36-37-74)32-25-67-58(86)43-12-4-10-41(51(43)79)55(83)64-21-28-71/h3,5-6,9,11-16,39,78-81H,1-2,4,7-8,10,17-38H2,(H,62,75)(H,63,82)(H,64,83)(H,65,84)(H,66,85)(H,67,86)(H,68,88)(H,69,87)(H,70,89)(H,76,77). The number of nitrogens with zero attached hydrogens (tertiary/aromatic N) is 4. The predicted octanol–water partition coefficient (Wildman–Crippen LogP) is -0.494. The second-order valence-electron chi connectivity index (χ2n) is 22.0. The molecule has 9 amide bonds. The van der Waals surface area contributed by atoms with Gasteiger partial charge in [-0.1, -0.05) is 24.3 Å². The van der Waals surface area contributed by atoms with E-state index in [0.717, 1.165) is 0 Å². The molecule has 4 heterocycles. The third-order valence-corrected chi connectivity index (χ3v) is 15.7. The summed E-state index contributed by atoms with van der Waals surface area (Å²) in [6.45, 7) is 2.17. The van der Waals surface area contributed by atoms with E-state index in [1.54, 1.807) is 6.08 Å². The highest BCUT2D eigenvalue weighted by Gasteiger charge is 2.28. The van der Waals surface area contributed by atoms with Crippen LogP contribution in [0.4, 0.5) is 0 Å². The summed E-state index contributed by atoms with van der Waals surface area (Å²) in [5.41, 5.74) is -1.12. The SMILES string of the molecule is O=C(O)CCCC(=O)NCCCCC1CN2CCNC(=O)c3cccc(c3O)C(=O)NCCN(CCNC(=O)c3cccc(c3O)C(=O)N1)CCN1CCNC(=O)C3=C(O)C(=CCC3)C(=O)NCCN(CCNC(=O)c3cccc(c3O)C(=O)NCC1)CC2. The summed E-state index contributed by atoms with van der Waals surface area (Å²) in [6.07, 6.45) is 3.15. The van der Waals surface area contributed by atoms with Crippen LogP contribution in [-0.4, -0.2) is 241 Å². The van der Waals surface area contributed by atoms with Crippen molar-refractivity contribution in [1.82, 2.24) is 67.5 Å². The van der Waals surface area contributed by atoms with Gasteiger partial charge in [0, 0.05) is 150 Å². The van der Waals surface area contributed by atoms with Gasteiger partial charge >= 0.3 is 5.97 Å². The van der Waals surface area contributed by atoms with Gasteiger partial charge in [0.15, 0.2) is 0 Å². The van der Waals surface area contributed by atoms with Gasteiger partial charge in [0.05, 0.1) is 44.5 Å². The van der Waals surface area contributed by atoms with Gasteiger partial charge in [-0.3, -0.25) is 67.5 Å². The number of nitrogens with one attached hydrogen (secondary N) is 9. The zero-order valence-electron chi connectivity index (χ0n) is 49.8. The number of carboxylic acids is 1. The van der Waals surface area contributed by atoms with E-state index < -0.39 is 82.3 Å². The Hall–Kier alpha value is -9.12. The van der Waals surface area contributed by atoms with Crippen molar-refractivity contribution in [3.05, 3.63) is 111 Å². The number of aromatic hydroxyl groups is 3. The van der Waals surface area contributed by atoms with Gasteiger partial charge in [0.25, 0.3) is 47.3 Å². The summed E-state index contributed by atoms with van der Waals surface area (Å²) >= 11 is 0. The van der Waals surface area contributed by atoms with Crippen molar-refractivity contribution in [3.63, 3.8) is 0 Å². The summed E-state index contributed by atoms with van der Waals surface area (Å²) in [7, 11) is 0. The molecule has 0 aromatic heterocycles. The van der Waals surface area contributed by atoms with E-state index in [9.17, 15) is 68.4 Å². The molecule has 5 unspecified atom stereocenters. The lowest BCUT2D eigenvalue weighted by Crippen LogP contribution is -2.49. The van der Waals surface area contributed by atoms with E-state index in [0.29, 0.717) is 19.3 Å². The number of hydrogen-bond donors (Lipinski definition) is 14. The van der Waals surface area contributed by atoms with Crippen LogP contribution >= 0.6 is 0 Å². The second kappa shape index (κ2) is 33.9. The molecule has 0 spiro atoms. The van der Waals surface area contributed by atoms with Gasteiger partial charge in [-0.2, -0.15) is 0 Å². The zero-order chi connectivity index (χ0) is 63.8. The number of carboxylic acid groups (broad SMARTS) is 1. The highest BCUT2D eigenvalue weighted by Crippen LogP contribution is 2.27. The van der Waals surface area contributed by atoms with Crippen molar-refractivity contribution in [2.45, 2.75) is 57.4 Å². The first-order chi connectivity index (χ1) is 42.9. The molecule has 0 saturated heterocycles. The molecular formula is C61H81N13O15. The molecule has 5 aliphatic rings. The molecule has 3 aromatic carbocycles. The predicted molar refractivity (Wildman–Crippen MR) is 324 cm³/mol. The maximum Gasteiger partial charge on any atom is 0.303 e. The number of phenols is 3. The number of amides is 9. The van der Waals surface area contributed by atoms with Gasteiger partial charge in [-0.15, -0.1) is 0 Å². The Labute approximate surface area is 514 Å². The topological polar surface area (TPSA) is 393 Å². The number of carbonyl (C=O) groups is 10. The van der Waals surface area contributed by atoms with Gasteiger partial charge in [-0.25, -0.2) is 0 Å². The number of unbranched alkanes of at least 4 members (excludes halogenated alkanes) is 1. The Morgan fingerprint density at radius 2 is 0.820 bits per heavy atom. The number of hydrogen-bond acceptors (Lipinski definition) is 18. The molecule has 3 aromatic rings. The highest BCUT2D eigenvalue weighted by atomic mass is 16.4. The smallest absolute Gasteiger partial charge is 0.303 e. The van der Waals surface area contributed by atoms with Crippen molar-refractivity contribution < 1.29 is 73.5 Å². The minimum atomic E-state index is -1.02. The number of fused-ring (bicyclic) bond motifs is 16. The van der Waals surface area contributed by atoms with E-state index >= 15 is 0 Å². The summed E-state index contributed by atoms with van der Waals surface area (Å²) in [4.78, 5) is 143. The van der Waals surface area contributed by atoms with Crippen LogP contribution in [-0.2, 0) is 19.2 Å². The lowest BCUT2D eigenvalue weighted by atomic mass is 9.96. The summed E-state index contributed by atoms with van der Waals surface area (Å²) < 4.78 is 0. The maximum atomic E-state index is 14.5. The minimum absolute atomic E-state index is 0.00134. The fraction of sp³-hybridized carbons (Fsp3) is 0.475. The average Bonchev–Trinajstić information content (AvgIpc) is 3.22. The first-order valence-corrected chi connectivity index (χ1v) is 30.1. The van der Waals surface area contributed by atoms with Gasteiger partial charge < -0.3 is 73.4 Å². The molecule has 12 bridgehead atoms. The third-order valence-electron chi connectivity index (χ3n) is 15.7. The summed E-state index contributed by atoms with van der Waals surface area (Å²) in [5.74, 6) is -8.85. The first kappa shape index (κ1) is 67.4. The van der Waals surface area contributed by atoms with Crippen LogP contribution in [0.2, 0.25) is 0 Å². The lowest BCUT2D eigenvalue weighted by Gasteiger charge is -2.31. The molecule has 8 rings (SSSR count). The number of para-hydroxylation sites is 3. The molecule has 89 heavy (non-hydrogen) atoms. The van der Waals surface area contributed by atoms with Crippen LogP contribution in [0, 0.1) is 0 Å². The Morgan fingerprint density at radius 1 is 0.449 bits per heavy atom. The number of aliphatic hydroxyl groups is 1. The molecule has 4 aliphatic heterocycles. The van der Waals surface area contributed by atoms with Crippen LogP contribution in [0.1, 0.15) is 114 Å². The van der Waals surface area contributed by atoms with Gasteiger partial charge in [-0.05, 0) is 74.9 Å². The fourth-order valence-corrected chi connectivity index (χ4v) is 10.7. The number of carbonyl (C=O) groups excluding carboxylic acids is 9. The van der Waals surface area contributed by atoms with E-state index in [1.165, 1.54) is 54.6 Å². The Bertz CT molecular complexity index is 3150. The maximum absolute atomic E-state index is 14.5. The van der Waals surface area contributed by atoms with Crippen molar-refractivity contribution in [3.8, 4) is 17.2 Å². The van der Waals surface area contributed by atoms with Crippen LogP contribution < -0.4 is 47.9 Å². The monoisotopic (exact) mass is 1240 g/mol. The summed E-state index contributed by atoms with van der Waals surface area (Å²) in [6, 6.07) is 11.9. The second-order valence-corrected chi connectivity index (χ2v) is 22.0. The molecule has 0 saturated carbocycles. The minimum Gasteiger partial charge on any atom is -0.507 e. The normalized spacial score (nSPS) is 22.2. The number of allylic oxidation sites excluding steroid dienone is 1. The lowest BCUT2D eigenvalue weighted by molar-refractivity contribution is -0.137. The van der Waals surface area contributed by atoms with Crippen molar-refractivity contribution in [2.75, 3.05) is 131 Å². The quantitative estimate of drug-likeness (QED) is 0.120. The number of rotatable bonds is 9. The van der Waals surface area contributed by atoms with Crippen molar-refractivity contribution in [2.24, 2.45) is 0 Å². The van der Waals surface area contributed by atoms with E-state index in [4.69, 9.17) is 5.11 Å². The zero-order valence-corrected chi connectivity index (χ0v) is 49.8. The molecule has 0 fully saturated rings. The molecule has 480 valence electrons. The van der Waals surface area contributed by atoms with Gasteiger partial charge in [0.1, 0.15) is 23.0 Å². The Balaban J connectivity index is 1.30. The van der Waals surface area contributed by atoms with Crippen LogP contribution in [0.15, 0.2) is 77.6 Å². The van der Waals surface area contributed by atoms with Crippen LogP contribution in [0.5, 0.6) is 17.2 Å². The van der Waals surface area contributed by atoms with Crippen molar-refractivity contribution in [1.29, 1.82) is 0 Å². The molecule has 0 radical (unpaired) electrons. The van der Waals surface area contributed by atoms with E-state index in [-0.39, 0.29) is 213 Å². The van der Waals surface area contributed by atoms with E-state index in [2.05, 4.69) is 47.9 Å². The molecule has 28 nitrogen and oxygen atoms in total. The average molecular weight is 1240 g/mol.